The van der Waals surface area contributed by atoms with Crippen molar-refractivity contribution in [3.63, 3.8) is 0 Å². The van der Waals surface area contributed by atoms with Crippen LogP contribution in [-0.2, 0) is 11.3 Å². The number of fused-ring (bicyclic) bond motifs is 1. The Morgan fingerprint density at radius 1 is 1.31 bits per heavy atom. The Labute approximate surface area is 187 Å². The molecule has 3 heterocycles. The normalized spacial score (nSPS) is 16.7. The first-order chi connectivity index (χ1) is 15.1. The van der Waals surface area contributed by atoms with Crippen LogP contribution in [0.4, 0.5) is 4.79 Å². The number of piperidine rings is 1. The summed E-state index contributed by atoms with van der Waals surface area (Å²) in [4.78, 5) is 34.9. The van der Waals surface area contributed by atoms with E-state index in [1.54, 1.807) is 12.1 Å². The van der Waals surface area contributed by atoms with Crippen LogP contribution in [0.15, 0.2) is 23.1 Å². The molecule has 1 saturated heterocycles. The Morgan fingerprint density at radius 2 is 2.03 bits per heavy atom. The quantitative estimate of drug-likeness (QED) is 0.656. The summed E-state index contributed by atoms with van der Waals surface area (Å²) in [5.74, 6) is 0.405. The number of nitrogens with one attached hydrogen (secondary N) is 1. The zero-order valence-corrected chi connectivity index (χ0v) is 19.2. The molecular weight excluding hydrogens is 414 g/mol. The van der Waals surface area contributed by atoms with E-state index in [4.69, 9.17) is 9.47 Å². The number of nitrogens with zero attached hydrogens (tertiary/aromatic N) is 4. The van der Waals surface area contributed by atoms with Crippen molar-refractivity contribution in [2.75, 3.05) is 26.7 Å². The third-order valence-electron chi connectivity index (χ3n) is 5.34. The van der Waals surface area contributed by atoms with Crippen LogP contribution in [0.3, 0.4) is 0 Å². The van der Waals surface area contributed by atoms with Gasteiger partial charge in [0.15, 0.2) is 5.65 Å². The van der Waals surface area contributed by atoms with Crippen molar-refractivity contribution in [2.24, 2.45) is 0 Å². The lowest BCUT2D eigenvalue weighted by atomic mass is 10.0. The molecule has 1 aliphatic rings. The second kappa shape index (κ2) is 10.3. The average molecular weight is 448 g/mol. The molecule has 0 aromatic carbocycles. The predicted molar refractivity (Wildman–Crippen MR) is 120 cm³/mol. The minimum absolute atomic E-state index is 0.0704. The number of carbonyl (C=O) groups is 1. The van der Waals surface area contributed by atoms with Crippen LogP contribution in [0.5, 0.6) is 5.88 Å². The number of likely N-dealkylation sites (tertiary alicyclic amines) is 1. The first-order valence-electron chi connectivity index (χ1n) is 10.9. The van der Waals surface area contributed by atoms with Gasteiger partial charge in [0.25, 0.3) is 5.56 Å². The standard InChI is InChI=1S/C22H33N5O5/c1-22(2,3)32-21(30)24-15-7-10-26(11-8-15)14-16(28)9-12-27-19(29)13-23-17-5-6-18(31-4)25-20(17)27/h5-6,13,15-16,28H,7-12,14H2,1-4H3,(H,24,30). The molecule has 0 aliphatic carbocycles. The molecule has 0 spiro atoms. The molecule has 2 N–H and O–H groups in total. The molecule has 1 atom stereocenters. The summed E-state index contributed by atoms with van der Waals surface area (Å²) in [6, 6.07) is 3.52. The van der Waals surface area contributed by atoms with E-state index in [1.165, 1.54) is 17.9 Å². The lowest BCUT2D eigenvalue weighted by Crippen LogP contribution is -2.47. The molecule has 176 valence electrons. The van der Waals surface area contributed by atoms with Crippen LogP contribution < -0.4 is 15.6 Å². The van der Waals surface area contributed by atoms with Crippen LogP contribution in [0.25, 0.3) is 11.2 Å². The summed E-state index contributed by atoms with van der Waals surface area (Å²) in [5.41, 5.74) is 0.259. The number of pyridine rings is 1. The second-order valence-electron chi connectivity index (χ2n) is 9.11. The van der Waals surface area contributed by atoms with Gasteiger partial charge >= 0.3 is 6.09 Å². The fourth-order valence-electron chi connectivity index (χ4n) is 3.75. The van der Waals surface area contributed by atoms with E-state index in [2.05, 4.69) is 20.2 Å². The maximum absolute atomic E-state index is 12.3. The van der Waals surface area contributed by atoms with Crippen molar-refractivity contribution in [1.82, 2.24) is 24.8 Å². The first kappa shape index (κ1) is 23.9. The minimum Gasteiger partial charge on any atom is -0.481 e. The Kier molecular flexibility index (Phi) is 7.68. The predicted octanol–water partition coefficient (Wildman–Crippen LogP) is 1.54. The maximum Gasteiger partial charge on any atom is 0.407 e. The van der Waals surface area contributed by atoms with Gasteiger partial charge in [0, 0.05) is 38.3 Å². The van der Waals surface area contributed by atoms with Crippen molar-refractivity contribution in [1.29, 1.82) is 0 Å². The molecule has 3 rings (SSSR count). The third-order valence-corrected chi connectivity index (χ3v) is 5.34. The lowest BCUT2D eigenvalue weighted by Gasteiger charge is -2.33. The fraction of sp³-hybridized carbons (Fsp3) is 0.636. The van der Waals surface area contributed by atoms with Gasteiger partial charge in [-0.2, -0.15) is 4.98 Å². The summed E-state index contributed by atoms with van der Waals surface area (Å²) in [6.07, 6.45) is 2.29. The van der Waals surface area contributed by atoms with Gasteiger partial charge in [0.2, 0.25) is 5.88 Å². The number of aromatic nitrogens is 3. The van der Waals surface area contributed by atoms with Crippen LogP contribution in [0.2, 0.25) is 0 Å². The molecule has 0 saturated carbocycles. The van der Waals surface area contributed by atoms with Gasteiger partial charge in [-0.05, 0) is 46.1 Å². The molecule has 0 radical (unpaired) electrons. The Bertz CT molecular complexity index is 979. The van der Waals surface area contributed by atoms with Gasteiger partial charge in [-0.15, -0.1) is 0 Å². The highest BCUT2D eigenvalue weighted by atomic mass is 16.6. The molecule has 32 heavy (non-hydrogen) atoms. The van der Waals surface area contributed by atoms with Crippen molar-refractivity contribution in [3.8, 4) is 5.88 Å². The van der Waals surface area contributed by atoms with Gasteiger partial charge in [-0.3, -0.25) is 9.36 Å². The highest BCUT2D eigenvalue weighted by molar-refractivity contribution is 5.70. The summed E-state index contributed by atoms with van der Waals surface area (Å²) in [6.45, 7) is 7.90. The van der Waals surface area contributed by atoms with Crippen molar-refractivity contribution in [2.45, 2.75) is 64.3 Å². The van der Waals surface area contributed by atoms with E-state index in [0.29, 0.717) is 36.6 Å². The zero-order chi connectivity index (χ0) is 23.3. The Balaban J connectivity index is 1.49. The Morgan fingerprint density at radius 3 is 2.69 bits per heavy atom. The molecular formula is C22H33N5O5. The van der Waals surface area contributed by atoms with Crippen LogP contribution >= 0.6 is 0 Å². The number of ether oxygens (including phenoxy) is 2. The fourth-order valence-corrected chi connectivity index (χ4v) is 3.75. The number of aliphatic hydroxyl groups excluding tert-OH is 1. The molecule has 10 heteroatoms. The number of β-amino-alcohol motifs (C(OH)–C–C–N with tert-alkyl or cyclic N) is 1. The molecule has 1 fully saturated rings. The lowest BCUT2D eigenvalue weighted by molar-refractivity contribution is 0.0454. The monoisotopic (exact) mass is 447 g/mol. The molecule has 0 bridgehead atoms. The van der Waals surface area contributed by atoms with Crippen LogP contribution in [0.1, 0.15) is 40.0 Å². The molecule has 1 unspecified atom stereocenters. The van der Waals surface area contributed by atoms with E-state index in [0.717, 1.165) is 25.9 Å². The highest BCUT2D eigenvalue weighted by Gasteiger charge is 2.24. The molecule has 2 aromatic heterocycles. The third kappa shape index (κ3) is 6.64. The number of hydrogen-bond donors (Lipinski definition) is 2. The van der Waals surface area contributed by atoms with Gasteiger partial charge in [0.05, 0.1) is 19.4 Å². The molecule has 2 aromatic rings. The van der Waals surface area contributed by atoms with E-state index >= 15 is 0 Å². The Hall–Kier alpha value is -2.72. The SMILES string of the molecule is COc1ccc2ncc(=O)n(CCC(O)CN3CCC(NC(=O)OC(C)(C)C)CC3)c2n1. The smallest absolute Gasteiger partial charge is 0.407 e. The van der Waals surface area contributed by atoms with Crippen molar-refractivity contribution >= 4 is 17.3 Å². The topological polar surface area (TPSA) is 119 Å². The van der Waals surface area contributed by atoms with Crippen molar-refractivity contribution < 1.29 is 19.4 Å². The zero-order valence-electron chi connectivity index (χ0n) is 19.2. The molecule has 1 amide bonds. The van der Waals surface area contributed by atoms with Gasteiger partial charge in [-0.1, -0.05) is 0 Å². The molecule has 1 aliphatic heterocycles. The maximum atomic E-state index is 12.3. The second-order valence-corrected chi connectivity index (χ2v) is 9.11. The number of carbonyl (C=O) groups excluding carboxylic acids is 1. The number of hydrogen-bond acceptors (Lipinski definition) is 8. The summed E-state index contributed by atoms with van der Waals surface area (Å²) < 4.78 is 12.0. The number of alkyl carbamates (subject to hydrolysis) is 1. The van der Waals surface area contributed by atoms with Crippen molar-refractivity contribution in [3.05, 3.63) is 28.7 Å². The summed E-state index contributed by atoms with van der Waals surface area (Å²) >= 11 is 0. The number of rotatable bonds is 7. The van der Waals surface area contributed by atoms with E-state index in [9.17, 15) is 14.7 Å². The summed E-state index contributed by atoms with van der Waals surface area (Å²) in [5, 5.41) is 13.5. The molecule has 10 nitrogen and oxygen atoms in total. The van der Waals surface area contributed by atoms with E-state index in [-0.39, 0.29) is 11.6 Å². The van der Waals surface area contributed by atoms with E-state index in [1.807, 2.05) is 20.8 Å². The summed E-state index contributed by atoms with van der Waals surface area (Å²) in [7, 11) is 1.52. The number of aryl methyl sites for hydroxylation is 1. The van der Waals surface area contributed by atoms with E-state index < -0.39 is 17.8 Å². The van der Waals surface area contributed by atoms with Gasteiger partial charge in [-0.25, -0.2) is 9.78 Å². The minimum atomic E-state index is -0.592. The van der Waals surface area contributed by atoms with Crippen LogP contribution in [-0.4, -0.2) is 75.1 Å². The number of methoxy groups -OCH3 is 1. The highest BCUT2D eigenvalue weighted by Crippen LogP contribution is 2.15. The first-order valence-corrected chi connectivity index (χ1v) is 10.9. The van der Waals surface area contributed by atoms with Crippen LogP contribution in [0, 0.1) is 0 Å². The number of aliphatic hydroxyl groups is 1. The van der Waals surface area contributed by atoms with Gasteiger partial charge in [0.1, 0.15) is 11.1 Å². The average Bonchev–Trinajstić information content (AvgIpc) is 2.72. The number of amides is 1. The van der Waals surface area contributed by atoms with Gasteiger partial charge < -0.3 is 24.8 Å². The largest absolute Gasteiger partial charge is 0.481 e.